The van der Waals surface area contributed by atoms with Crippen LogP contribution in [0.1, 0.15) is 33.6 Å². The number of hydrogen-bond acceptors (Lipinski definition) is 1. The van der Waals surface area contributed by atoms with Crippen LogP contribution in [0, 0.1) is 5.92 Å². The zero-order valence-electron chi connectivity index (χ0n) is 9.77. The molecular weight excluding hydrogens is 191 g/mol. The van der Waals surface area contributed by atoms with Gasteiger partial charge in [-0.1, -0.05) is 27.0 Å². The molecule has 0 heterocycles. The lowest BCUT2D eigenvalue weighted by molar-refractivity contribution is -0.118. The molecule has 0 N–H and O–H groups in total. The summed E-state index contributed by atoms with van der Waals surface area (Å²) in [5.74, 6) is 0.229. The number of allylic oxidation sites excluding steroid dienone is 2. The Morgan fingerprint density at radius 2 is 1.87 bits per heavy atom. The minimum Gasteiger partial charge on any atom is -0.299 e. The first-order chi connectivity index (χ1) is 6.88. The maximum absolute atomic E-state index is 12.7. The molecule has 0 aromatic heterocycles. The maximum atomic E-state index is 12.7. The fourth-order valence-electron chi connectivity index (χ4n) is 1.14. The Bertz CT molecular complexity index is 294. The van der Waals surface area contributed by atoms with Crippen molar-refractivity contribution in [3.8, 4) is 0 Å². The molecular formula is C13H19FO. The van der Waals surface area contributed by atoms with E-state index in [1.54, 1.807) is 0 Å². The Morgan fingerprint density at radius 3 is 2.20 bits per heavy atom. The number of hydrogen-bond donors (Lipinski definition) is 0. The van der Waals surface area contributed by atoms with Crippen LogP contribution < -0.4 is 0 Å². The van der Waals surface area contributed by atoms with E-state index in [4.69, 9.17) is 0 Å². The third kappa shape index (κ3) is 5.34. The number of rotatable bonds is 6. The Hall–Kier alpha value is -1.14. The molecule has 84 valence electrons. The molecule has 0 aromatic carbocycles. The van der Waals surface area contributed by atoms with Crippen LogP contribution in [0.5, 0.6) is 0 Å². The molecule has 15 heavy (non-hydrogen) atoms. The molecule has 0 amide bonds. The van der Waals surface area contributed by atoms with Crippen molar-refractivity contribution in [2.24, 2.45) is 5.92 Å². The van der Waals surface area contributed by atoms with E-state index in [-0.39, 0.29) is 18.1 Å². The van der Waals surface area contributed by atoms with Gasteiger partial charge in [-0.15, -0.1) is 5.73 Å². The Morgan fingerprint density at radius 1 is 1.33 bits per heavy atom. The third-order valence-corrected chi connectivity index (χ3v) is 2.30. The zero-order valence-corrected chi connectivity index (χ0v) is 9.77. The first-order valence-corrected chi connectivity index (χ1v) is 5.10. The van der Waals surface area contributed by atoms with Gasteiger partial charge in [-0.25, -0.2) is 4.39 Å². The first-order valence-electron chi connectivity index (χ1n) is 5.10. The van der Waals surface area contributed by atoms with Crippen molar-refractivity contribution in [3.05, 3.63) is 30.0 Å². The second-order valence-electron chi connectivity index (χ2n) is 4.02. The molecule has 0 fully saturated rings. The Labute approximate surface area is 91.4 Å². The highest BCUT2D eigenvalue weighted by atomic mass is 19.1. The monoisotopic (exact) mass is 210 g/mol. The van der Waals surface area contributed by atoms with E-state index >= 15 is 0 Å². The van der Waals surface area contributed by atoms with Crippen molar-refractivity contribution >= 4 is 5.78 Å². The number of halogens is 1. The lowest BCUT2D eigenvalue weighted by Crippen LogP contribution is -2.08. The van der Waals surface area contributed by atoms with E-state index in [1.807, 2.05) is 13.8 Å². The second kappa shape index (κ2) is 6.36. The predicted molar refractivity (Wildman–Crippen MR) is 61.4 cm³/mol. The lowest BCUT2D eigenvalue weighted by Gasteiger charge is -2.09. The van der Waals surface area contributed by atoms with Crippen LogP contribution in [-0.2, 0) is 4.79 Å². The summed E-state index contributed by atoms with van der Waals surface area (Å²) in [6.07, 6.45) is -0.716. The SMILES string of the molecule is C=C=C(CC(=O)CC(=C)C(C)F)C(C)C. The van der Waals surface area contributed by atoms with Crippen molar-refractivity contribution in [3.63, 3.8) is 0 Å². The summed E-state index contributed by atoms with van der Waals surface area (Å²) in [7, 11) is 0. The average Bonchev–Trinajstić information content (AvgIpc) is 2.13. The van der Waals surface area contributed by atoms with E-state index in [1.165, 1.54) is 6.92 Å². The predicted octanol–water partition coefficient (Wildman–Crippen LogP) is 3.62. The summed E-state index contributed by atoms with van der Waals surface area (Å²) < 4.78 is 12.7. The molecule has 0 aliphatic rings. The van der Waals surface area contributed by atoms with E-state index in [2.05, 4.69) is 18.9 Å². The summed E-state index contributed by atoms with van der Waals surface area (Å²) in [6.45, 7) is 12.4. The molecule has 1 unspecified atom stereocenters. The van der Waals surface area contributed by atoms with Gasteiger partial charge >= 0.3 is 0 Å². The minimum absolute atomic E-state index is 0.0238. The summed E-state index contributed by atoms with van der Waals surface area (Å²) in [4.78, 5) is 11.5. The van der Waals surface area contributed by atoms with Gasteiger partial charge in [-0.05, 0) is 24.0 Å². The number of Topliss-reactive ketones (excluding diaryl/α,β-unsaturated/α-hetero) is 1. The normalized spacial score (nSPS) is 12.1. The first kappa shape index (κ1) is 13.9. The maximum Gasteiger partial charge on any atom is 0.141 e. The van der Waals surface area contributed by atoms with Gasteiger partial charge in [0.25, 0.3) is 0 Å². The highest BCUT2D eigenvalue weighted by molar-refractivity contribution is 5.83. The van der Waals surface area contributed by atoms with Gasteiger partial charge in [0, 0.05) is 12.8 Å². The summed E-state index contributed by atoms with van der Waals surface area (Å²) in [6, 6.07) is 0. The van der Waals surface area contributed by atoms with E-state index in [0.29, 0.717) is 12.0 Å². The van der Waals surface area contributed by atoms with Crippen molar-refractivity contribution in [2.45, 2.75) is 39.8 Å². The number of ketones is 1. The molecule has 1 atom stereocenters. The Balaban J connectivity index is 4.27. The van der Waals surface area contributed by atoms with Crippen LogP contribution in [0.4, 0.5) is 4.39 Å². The smallest absolute Gasteiger partial charge is 0.141 e. The third-order valence-electron chi connectivity index (χ3n) is 2.30. The second-order valence-corrected chi connectivity index (χ2v) is 4.02. The molecule has 0 aliphatic heterocycles. The average molecular weight is 210 g/mol. The quantitative estimate of drug-likeness (QED) is 0.483. The molecule has 0 bridgehead atoms. The summed E-state index contributed by atoms with van der Waals surface area (Å²) in [5.41, 5.74) is 3.97. The minimum atomic E-state index is -1.12. The van der Waals surface area contributed by atoms with Crippen LogP contribution in [0.2, 0.25) is 0 Å². The standard InChI is InChI=1S/C13H19FO/c1-6-12(9(2)3)8-13(15)7-10(4)11(5)14/h9,11H,1,4,7-8H2,2-3,5H3. The van der Waals surface area contributed by atoms with Crippen LogP contribution in [0.25, 0.3) is 0 Å². The highest BCUT2D eigenvalue weighted by Crippen LogP contribution is 2.16. The number of alkyl halides is 1. The molecule has 0 spiro atoms. The van der Waals surface area contributed by atoms with E-state index in [9.17, 15) is 9.18 Å². The van der Waals surface area contributed by atoms with Gasteiger partial charge in [0.15, 0.2) is 0 Å². The van der Waals surface area contributed by atoms with Crippen LogP contribution in [-0.4, -0.2) is 12.0 Å². The topological polar surface area (TPSA) is 17.1 Å². The molecule has 0 saturated carbocycles. The molecule has 2 heteroatoms. The van der Waals surface area contributed by atoms with Crippen molar-refractivity contribution in [2.75, 3.05) is 0 Å². The van der Waals surface area contributed by atoms with Gasteiger partial charge in [0.1, 0.15) is 12.0 Å². The lowest BCUT2D eigenvalue weighted by atomic mass is 9.96. The molecule has 0 saturated heterocycles. The molecule has 1 nitrogen and oxygen atoms in total. The van der Waals surface area contributed by atoms with Gasteiger partial charge < -0.3 is 0 Å². The largest absolute Gasteiger partial charge is 0.299 e. The van der Waals surface area contributed by atoms with Crippen LogP contribution >= 0.6 is 0 Å². The summed E-state index contributed by atoms with van der Waals surface area (Å²) >= 11 is 0. The fraction of sp³-hybridized carbons (Fsp3) is 0.538. The van der Waals surface area contributed by atoms with Crippen LogP contribution in [0.15, 0.2) is 30.0 Å². The van der Waals surface area contributed by atoms with Gasteiger partial charge in [-0.2, -0.15) is 0 Å². The Kier molecular flexibility index (Phi) is 5.88. The zero-order chi connectivity index (χ0) is 12.0. The van der Waals surface area contributed by atoms with E-state index in [0.717, 1.165) is 5.57 Å². The van der Waals surface area contributed by atoms with Gasteiger partial charge in [0.2, 0.25) is 0 Å². The number of carbonyl (C=O) groups is 1. The van der Waals surface area contributed by atoms with Gasteiger partial charge in [-0.3, -0.25) is 4.79 Å². The van der Waals surface area contributed by atoms with Crippen molar-refractivity contribution < 1.29 is 9.18 Å². The molecule has 0 rings (SSSR count). The van der Waals surface area contributed by atoms with Crippen molar-refractivity contribution in [1.82, 2.24) is 0 Å². The van der Waals surface area contributed by atoms with Gasteiger partial charge in [0.05, 0.1) is 0 Å². The number of carbonyl (C=O) groups excluding carboxylic acids is 1. The van der Waals surface area contributed by atoms with Crippen molar-refractivity contribution in [1.29, 1.82) is 0 Å². The molecule has 0 radical (unpaired) electrons. The highest BCUT2D eigenvalue weighted by Gasteiger charge is 2.13. The summed E-state index contributed by atoms with van der Waals surface area (Å²) in [5, 5.41) is 0. The fourth-order valence-corrected chi connectivity index (χ4v) is 1.14. The van der Waals surface area contributed by atoms with Crippen LogP contribution in [0.3, 0.4) is 0 Å². The molecule has 0 aromatic rings. The van der Waals surface area contributed by atoms with E-state index < -0.39 is 6.17 Å². The molecule has 0 aliphatic carbocycles.